The van der Waals surface area contributed by atoms with Gasteiger partial charge >= 0.3 is 6.36 Å². The highest BCUT2D eigenvalue weighted by atomic mass is 19.4. The van der Waals surface area contributed by atoms with Gasteiger partial charge in [-0.25, -0.2) is 4.68 Å². The summed E-state index contributed by atoms with van der Waals surface area (Å²) in [6, 6.07) is 14.5. The van der Waals surface area contributed by atoms with Crippen LogP contribution in [-0.4, -0.2) is 22.1 Å². The third kappa shape index (κ3) is 4.11. The molecule has 0 fully saturated rings. The van der Waals surface area contributed by atoms with E-state index in [1.54, 1.807) is 18.5 Å². The van der Waals surface area contributed by atoms with Gasteiger partial charge in [-0.15, -0.1) is 13.2 Å². The first-order valence-electron chi connectivity index (χ1n) is 8.04. The van der Waals surface area contributed by atoms with Crippen molar-refractivity contribution in [2.75, 3.05) is 5.32 Å². The molecule has 3 rings (SSSR count). The van der Waals surface area contributed by atoms with Gasteiger partial charge in [0.1, 0.15) is 5.75 Å². The first kappa shape index (κ1) is 18.5. The van der Waals surface area contributed by atoms with Crippen molar-refractivity contribution in [1.82, 2.24) is 9.78 Å². The molecule has 0 aliphatic carbocycles. The lowest BCUT2D eigenvalue weighted by molar-refractivity contribution is -0.274. The van der Waals surface area contributed by atoms with Crippen LogP contribution >= 0.6 is 0 Å². The molecule has 0 aliphatic heterocycles. The average molecular weight is 375 g/mol. The number of hydrogen-bond acceptors (Lipinski definition) is 3. The van der Waals surface area contributed by atoms with Gasteiger partial charge in [0.2, 0.25) is 0 Å². The molecule has 5 nitrogen and oxygen atoms in total. The molecule has 1 N–H and O–H groups in total. The van der Waals surface area contributed by atoms with Crippen LogP contribution in [0.15, 0.2) is 54.6 Å². The lowest BCUT2D eigenvalue weighted by atomic mass is 10.1. The zero-order valence-electron chi connectivity index (χ0n) is 14.5. The van der Waals surface area contributed by atoms with Gasteiger partial charge < -0.3 is 10.1 Å². The van der Waals surface area contributed by atoms with Crippen LogP contribution in [-0.2, 0) is 0 Å². The molecular weight excluding hydrogens is 359 g/mol. The fourth-order valence-corrected chi connectivity index (χ4v) is 2.69. The quantitative estimate of drug-likeness (QED) is 0.723. The molecule has 1 aromatic heterocycles. The Morgan fingerprint density at radius 1 is 1.04 bits per heavy atom. The summed E-state index contributed by atoms with van der Waals surface area (Å²) in [5, 5.41) is 7.04. The minimum Gasteiger partial charge on any atom is -0.405 e. The molecule has 0 saturated carbocycles. The number of nitrogens with zero attached hydrogens (tertiary/aromatic N) is 2. The molecule has 2 aromatic carbocycles. The second-order valence-corrected chi connectivity index (χ2v) is 5.79. The van der Waals surface area contributed by atoms with Crippen LogP contribution in [0.2, 0.25) is 0 Å². The first-order valence-corrected chi connectivity index (χ1v) is 8.04. The lowest BCUT2D eigenvalue weighted by Gasteiger charge is -2.13. The normalized spacial score (nSPS) is 11.3. The summed E-state index contributed by atoms with van der Waals surface area (Å²) < 4.78 is 43.3. The number of para-hydroxylation sites is 2. The summed E-state index contributed by atoms with van der Waals surface area (Å²) in [5.41, 5.74) is 2.21. The number of hydrogen-bond donors (Lipinski definition) is 1. The summed E-state index contributed by atoms with van der Waals surface area (Å²) in [6.45, 7) is 3.47. The van der Waals surface area contributed by atoms with Gasteiger partial charge in [-0.05, 0) is 38.1 Å². The SMILES string of the molecule is Cc1nn(-c2ccccc2)c(C)c1NC(=O)c1ccccc1OC(F)(F)F. The number of rotatable bonds is 4. The van der Waals surface area contributed by atoms with Crippen LogP contribution in [0.4, 0.5) is 18.9 Å². The number of nitrogens with one attached hydrogen (secondary N) is 1. The predicted molar refractivity (Wildman–Crippen MR) is 94.1 cm³/mol. The van der Waals surface area contributed by atoms with Crippen molar-refractivity contribution in [2.24, 2.45) is 0 Å². The van der Waals surface area contributed by atoms with E-state index in [0.29, 0.717) is 17.1 Å². The zero-order valence-corrected chi connectivity index (χ0v) is 14.5. The number of halogens is 3. The van der Waals surface area contributed by atoms with E-state index in [1.165, 1.54) is 18.2 Å². The maximum absolute atomic E-state index is 12.6. The van der Waals surface area contributed by atoms with E-state index in [-0.39, 0.29) is 5.56 Å². The Labute approximate surface area is 153 Å². The van der Waals surface area contributed by atoms with Gasteiger partial charge in [-0.2, -0.15) is 5.10 Å². The van der Waals surface area contributed by atoms with Crippen LogP contribution in [0.5, 0.6) is 5.75 Å². The van der Waals surface area contributed by atoms with Crippen molar-refractivity contribution >= 4 is 11.6 Å². The van der Waals surface area contributed by atoms with Crippen molar-refractivity contribution < 1.29 is 22.7 Å². The third-order valence-corrected chi connectivity index (χ3v) is 3.89. The highest BCUT2D eigenvalue weighted by molar-refractivity contribution is 6.06. The molecule has 0 saturated heterocycles. The Bertz CT molecular complexity index is 966. The van der Waals surface area contributed by atoms with E-state index < -0.39 is 18.0 Å². The van der Waals surface area contributed by atoms with Crippen molar-refractivity contribution in [3.05, 3.63) is 71.5 Å². The van der Waals surface area contributed by atoms with Crippen LogP contribution in [0.1, 0.15) is 21.7 Å². The first-order chi connectivity index (χ1) is 12.8. The number of alkyl halides is 3. The number of benzene rings is 2. The molecule has 1 heterocycles. The van der Waals surface area contributed by atoms with Crippen LogP contribution in [0.3, 0.4) is 0 Å². The Hall–Kier alpha value is -3.29. The molecule has 0 atom stereocenters. The molecule has 1 amide bonds. The van der Waals surface area contributed by atoms with Crippen LogP contribution in [0, 0.1) is 13.8 Å². The predicted octanol–water partition coefficient (Wildman–Crippen LogP) is 4.64. The van der Waals surface area contributed by atoms with Crippen LogP contribution in [0.25, 0.3) is 5.69 Å². The summed E-state index contributed by atoms with van der Waals surface area (Å²) in [5.74, 6) is -1.28. The average Bonchev–Trinajstić information content (AvgIpc) is 2.90. The highest BCUT2D eigenvalue weighted by Crippen LogP contribution is 2.28. The van der Waals surface area contributed by atoms with Gasteiger partial charge in [0.15, 0.2) is 0 Å². The molecule has 0 aliphatic rings. The molecular formula is C19H16F3N3O2. The Balaban J connectivity index is 1.91. The van der Waals surface area contributed by atoms with Gasteiger partial charge in [-0.1, -0.05) is 30.3 Å². The van der Waals surface area contributed by atoms with Gasteiger partial charge in [0.05, 0.1) is 28.3 Å². The second kappa shape index (κ2) is 7.14. The van der Waals surface area contributed by atoms with E-state index in [9.17, 15) is 18.0 Å². The molecule has 0 bridgehead atoms. The largest absolute Gasteiger partial charge is 0.573 e. The Morgan fingerprint density at radius 3 is 2.33 bits per heavy atom. The number of aromatic nitrogens is 2. The third-order valence-electron chi connectivity index (χ3n) is 3.89. The van der Waals surface area contributed by atoms with E-state index >= 15 is 0 Å². The molecule has 3 aromatic rings. The molecule has 0 radical (unpaired) electrons. The van der Waals surface area contributed by atoms with Gasteiger partial charge in [-0.3, -0.25) is 4.79 Å². The minimum absolute atomic E-state index is 0.221. The zero-order chi connectivity index (χ0) is 19.6. The smallest absolute Gasteiger partial charge is 0.405 e. The maximum Gasteiger partial charge on any atom is 0.573 e. The maximum atomic E-state index is 12.6. The molecule has 0 spiro atoms. The van der Waals surface area contributed by atoms with Gasteiger partial charge in [0, 0.05) is 0 Å². The molecule has 140 valence electrons. The highest BCUT2D eigenvalue weighted by Gasteiger charge is 2.33. The monoisotopic (exact) mass is 375 g/mol. The van der Waals surface area contributed by atoms with Crippen LogP contribution < -0.4 is 10.1 Å². The lowest BCUT2D eigenvalue weighted by Crippen LogP contribution is -2.21. The summed E-state index contributed by atoms with van der Waals surface area (Å²) in [4.78, 5) is 12.6. The summed E-state index contributed by atoms with van der Waals surface area (Å²) in [7, 11) is 0. The minimum atomic E-state index is -4.89. The van der Waals surface area contributed by atoms with E-state index in [2.05, 4.69) is 15.2 Å². The Morgan fingerprint density at radius 2 is 1.67 bits per heavy atom. The Kier molecular flexibility index (Phi) is 4.89. The number of aryl methyl sites for hydroxylation is 1. The van der Waals surface area contributed by atoms with E-state index in [0.717, 1.165) is 11.8 Å². The van der Waals surface area contributed by atoms with E-state index in [1.807, 2.05) is 30.3 Å². The fraction of sp³-hybridized carbons (Fsp3) is 0.158. The van der Waals surface area contributed by atoms with Crippen molar-refractivity contribution in [1.29, 1.82) is 0 Å². The summed E-state index contributed by atoms with van der Waals surface area (Å²) in [6.07, 6.45) is -4.89. The topological polar surface area (TPSA) is 56.2 Å². The number of ether oxygens (including phenoxy) is 1. The number of carbonyl (C=O) groups excluding carboxylic acids is 1. The molecule has 27 heavy (non-hydrogen) atoms. The van der Waals surface area contributed by atoms with E-state index in [4.69, 9.17) is 0 Å². The number of amides is 1. The number of carbonyl (C=O) groups is 1. The van der Waals surface area contributed by atoms with Crippen molar-refractivity contribution in [2.45, 2.75) is 20.2 Å². The summed E-state index contributed by atoms with van der Waals surface area (Å²) >= 11 is 0. The molecule has 0 unspecified atom stereocenters. The van der Waals surface area contributed by atoms with Crippen molar-refractivity contribution in [3.63, 3.8) is 0 Å². The fourth-order valence-electron chi connectivity index (χ4n) is 2.69. The van der Waals surface area contributed by atoms with Gasteiger partial charge in [0.25, 0.3) is 5.91 Å². The molecule has 8 heteroatoms. The second-order valence-electron chi connectivity index (χ2n) is 5.79. The van der Waals surface area contributed by atoms with Crippen molar-refractivity contribution in [3.8, 4) is 11.4 Å². The number of anilines is 1. The standard InChI is InChI=1S/C19H16F3N3O2/c1-12-17(13(2)25(24-12)14-8-4-3-5-9-14)23-18(26)15-10-6-7-11-16(15)27-19(20,21)22/h3-11H,1-2H3,(H,23,26).